The van der Waals surface area contributed by atoms with Crippen molar-refractivity contribution in [2.75, 3.05) is 44.7 Å². The maximum Gasteiger partial charge on any atom is 0.193 e. The summed E-state index contributed by atoms with van der Waals surface area (Å²) in [7, 11) is 1.75. The van der Waals surface area contributed by atoms with Gasteiger partial charge in [-0.3, -0.25) is 4.99 Å². The third-order valence-corrected chi connectivity index (χ3v) is 4.73. The van der Waals surface area contributed by atoms with E-state index in [1.165, 1.54) is 6.07 Å². The molecule has 0 radical (unpaired) electrons. The van der Waals surface area contributed by atoms with E-state index in [2.05, 4.69) is 20.1 Å². The zero-order chi connectivity index (χ0) is 19.9. The molecular formula is C21H28FIN4O2. The summed E-state index contributed by atoms with van der Waals surface area (Å²) in [5, 5.41) is 13.3. The zero-order valence-electron chi connectivity index (χ0n) is 16.7. The summed E-state index contributed by atoms with van der Waals surface area (Å²) in [6.45, 7) is 5.57. The highest BCUT2D eigenvalue weighted by atomic mass is 127. The van der Waals surface area contributed by atoms with Crippen molar-refractivity contribution in [1.29, 1.82) is 0 Å². The second-order valence-corrected chi connectivity index (χ2v) is 6.75. The summed E-state index contributed by atoms with van der Waals surface area (Å²) in [6.07, 6.45) is -0.212. The van der Waals surface area contributed by atoms with Gasteiger partial charge < -0.3 is 25.0 Å². The van der Waals surface area contributed by atoms with Crippen LogP contribution < -0.4 is 15.0 Å². The number of para-hydroxylation sites is 3. The van der Waals surface area contributed by atoms with E-state index in [9.17, 15) is 9.50 Å². The Morgan fingerprint density at radius 2 is 1.79 bits per heavy atom. The third kappa shape index (κ3) is 6.12. The number of ether oxygens (including phenoxy) is 1. The molecule has 0 aromatic heterocycles. The Kier molecular flexibility index (Phi) is 8.81. The van der Waals surface area contributed by atoms with Crippen LogP contribution in [-0.4, -0.2) is 61.8 Å². The van der Waals surface area contributed by atoms with E-state index in [0.29, 0.717) is 12.3 Å². The molecule has 1 fully saturated rings. The molecule has 1 aliphatic rings. The summed E-state index contributed by atoms with van der Waals surface area (Å²) in [5.41, 5.74) is 0.858. The van der Waals surface area contributed by atoms with Gasteiger partial charge >= 0.3 is 0 Å². The molecular weight excluding hydrogens is 486 g/mol. The van der Waals surface area contributed by atoms with Crippen LogP contribution in [0.5, 0.6) is 11.5 Å². The standard InChI is InChI=1S/C21H27FN4O2.HI/c1-16(28-20-10-6-3-7-17(20)22)15-24-21(23-2)26-13-11-25(12-14-26)18-8-4-5-9-19(18)27;/h3-10,16,27H,11-15H2,1-2H3,(H,23,24);1H. The molecule has 8 heteroatoms. The predicted octanol–water partition coefficient (Wildman–Crippen LogP) is 3.31. The lowest BCUT2D eigenvalue weighted by Crippen LogP contribution is -2.53. The van der Waals surface area contributed by atoms with Crippen molar-refractivity contribution in [2.24, 2.45) is 4.99 Å². The predicted molar refractivity (Wildman–Crippen MR) is 125 cm³/mol. The van der Waals surface area contributed by atoms with E-state index in [-0.39, 0.29) is 41.6 Å². The number of phenolic OH excluding ortho intramolecular Hbond substituents is 1. The molecule has 2 aromatic carbocycles. The minimum atomic E-state index is -0.362. The Bertz CT molecular complexity index is 813. The van der Waals surface area contributed by atoms with Gasteiger partial charge in [-0.15, -0.1) is 24.0 Å². The maximum absolute atomic E-state index is 13.7. The van der Waals surface area contributed by atoms with Gasteiger partial charge in [-0.2, -0.15) is 0 Å². The molecule has 2 aromatic rings. The fourth-order valence-corrected chi connectivity index (χ4v) is 3.26. The van der Waals surface area contributed by atoms with Gasteiger partial charge in [-0.05, 0) is 31.2 Å². The Balaban J connectivity index is 0.00000300. The monoisotopic (exact) mass is 514 g/mol. The highest BCUT2D eigenvalue weighted by Crippen LogP contribution is 2.27. The van der Waals surface area contributed by atoms with E-state index >= 15 is 0 Å². The van der Waals surface area contributed by atoms with Gasteiger partial charge in [0.2, 0.25) is 0 Å². The molecule has 0 bridgehead atoms. The number of aliphatic imine (C=N–C) groups is 1. The first-order chi connectivity index (χ1) is 13.6. The van der Waals surface area contributed by atoms with Crippen molar-refractivity contribution in [3.05, 3.63) is 54.3 Å². The number of rotatable bonds is 5. The second-order valence-electron chi connectivity index (χ2n) is 6.75. The van der Waals surface area contributed by atoms with E-state index in [1.54, 1.807) is 31.3 Å². The van der Waals surface area contributed by atoms with Crippen LogP contribution in [0.3, 0.4) is 0 Å². The maximum atomic E-state index is 13.7. The number of benzene rings is 2. The average Bonchev–Trinajstić information content (AvgIpc) is 2.71. The van der Waals surface area contributed by atoms with Gasteiger partial charge in [0.15, 0.2) is 17.5 Å². The summed E-state index contributed by atoms with van der Waals surface area (Å²) in [6, 6.07) is 13.8. The Hall–Kier alpha value is -2.23. The van der Waals surface area contributed by atoms with Crippen LogP contribution in [0, 0.1) is 5.82 Å². The summed E-state index contributed by atoms with van der Waals surface area (Å²) in [4.78, 5) is 8.70. The number of hydrogen-bond acceptors (Lipinski definition) is 4. The number of hydrogen-bond donors (Lipinski definition) is 2. The summed E-state index contributed by atoms with van der Waals surface area (Å²) >= 11 is 0. The number of phenols is 1. The minimum Gasteiger partial charge on any atom is -0.506 e. The van der Waals surface area contributed by atoms with Gasteiger partial charge in [-0.1, -0.05) is 24.3 Å². The number of guanidine groups is 1. The van der Waals surface area contributed by atoms with Crippen LogP contribution in [0.15, 0.2) is 53.5 Å². The van der Waals surface area contributed by atoms with Crippen molar-refractivity contribution in [3.63, 3.8) is 0 Å². The molecule has 0 spiro atoms. The minimum absolute atomic E-state index is 0. The Morgan fingerprint density at radius 3 is 2.45 bits per heavy atom. The highest BCUT2D eigenvalue weighted by Gasteiger charge is 2.21. The molecule has 29 heavy (non-hydrogen) atoms. The van der Waals surface area contributed by atoms with Gasteiger partial charge in [-0.25, -0.2) is 4.39 Å². The summed E-state index contributed by atoms with van der Waals surface area (Å²) < 4.78 is 19.4. The van der Waals surface area contributed by atoms with Gasteiger partial charge in [0.1, 0.15) is 11.9 Å². The van der Waals surface area contributed by atoms with Crippen LogP contribution >= 0.6 is 24.0 Å². The molecule has 0 saturated carbocycles. The first-order valence-corrected chi connectivity index (χ1v) is 9.48. The Labute approximate surface area is 188 Å². The number of piperazine rings is 1. The lowest BCUT2D eigenvalue weighted by molar-refractivity contribution is 0.212. The first kappa shape index (κ1) is 23.1. The topological polar surface area (TPSA) is 60.3 Å². The van der Waals surface area contributed by atoms with Crippen molar-refractivity contribution >= 4 is 35.6 Å². The van der Waals surface area contributed by atoms with Crippen molar-refractivity contribution in [2.45, 2.75) is 13.0 Å². The SMILES string of the molecule is CN=C(NCC(C)Oc1ccccc1F)N1CCN(c2ccccc2O)CC1.I. The lowest BCUT2D eigenvalue weighted by Gasteiger charge is -2.38. The van der Waals surface area contributed by atoms with E-state index < -0.39 is 0 Å². The first-order valence-electron chi connectivity index (χ1n) is 9.48. The van der Waals surface area contributed by atoms with Crippen LogP contribution in [0.1, 0.15) is 6.92 Å². The number of nitrogens with zero attached hydrogens (tertiary/aromatic N) is 3. The quantitative estimate of drug-likeness (QED) is 0.365. The van der Waals surface area contributed by atoms with Gasteiger partial charge in [0.25, 0.3) is 0 Å². The largest absolute Gasteiger partial charge is 0.506 e. The fraction of sp³-hybridized carbons (Fsp3) is 0.381. The third-order valence-electron chi connectivity index (χ3n) is 4.73. The van der Waals surface area contributed by atoms with E-state index in [1.807, 2.05) is 25.1 Å². The highest BCUT2D eigenvalue weighted by molar-refractivity contribution is 14.0. The molecule has 1 atom stereocenters. The van der Waals surface area contributed by atoms with Gasteiger partial charge in [0.05, 0.1) is 12.2 Å². The molecule has 1 saturated heterocycles. The fourth-order valence-electron chi connectivity index (χ4n) is 3.26. The average molecular weight is 514 g/mol. The smallest absolute Gasteiger partial charge is 0.193 e. The van der Waals surface area contributed by atoms with Gasteiger partial charge in [0, 0.05) is 33.2 Å². The molecule has 0 amide bonds. The summed E-state index contributed by atoms with van der Waals surface area (Å²) in [5.74, 6) is 0.987. The van der Waals surface area contributed by atoms with E-state index in [0.717, 1.165) is 37.8 Å². The van der Waals surface area contributed by atoms with Crippen LogP contribution in [0.25, 0.3) is 0 Å². The molecule has 6 nitrogen and oxygen atoms in total. The number of aromatic hydroxyl groups is 1. The molecule has 3 rings (SSSR count). The van der Waals surface area contributed by atoms with Crippen LogP contribution in [-0.2, 0) is 0 Å². The van der Waals surface area contributed by atoms with Crippen molar-refractivity contribution in [1.82, 2.24) is 10.2 Å². The molecule has 1 aliphatic heterocycles. The number of nitrogens with one attached hydrogen (secondary N) is 1. The molecule has 2 N–H and O–H groups in total. The van der Waals surface area contributed by atoms with Crippen molar-refractivity contribution < 1.29 is 14.2 Å². The molecule has 0 aliphatic carbocycles. The second kappa shape index (κ2) is 11.1. The van der Waals surface area contributed by atoms with Crippen LogP contribution in [0.2, 0.25) is 0 Å². The molecule has 1 heterocycles. The molecule has 158 valence electrons. The normalized spacial score (nSPS) is 15.5. The zero-order valence-corrected chi connectivity index (χ0v) is 19.0. The Morgan fingerprint density at radius 1 is 1.14 bits per heavy atom. The molecule has 1 unspecified atom stereocenters. The van der Waals surface area contributed by atoms with E-state index in [4.69, 9.17) is 4.74 Å². The lowest BCUT2D eigenvalue weighted by atomic mass is 10.2. The van der Waals surface area contributed by atoms with Crippen LogP contribution in [0.4, 0.5) is 10.1 Å². The number of anilines is 1. The number of halogens is 2. The van der Waals surface area contributed by atoms with Crippen molar-refractivity contribution in [3.8, 4) is 11.5 Å².